The molecule has 1 heterocycles. The van der Waals surface area contributed by atoms with Gasteiger partial charge in [-0.25, -0.2) is 0 Å². The highest BCUT2D eigenvalue weighted by Crippen LogP contribution is 2.36. The summed E-state index contributed by atoms with van der Waals surface area (Å²) in [6.07, 6.45) is 1.49. The van der Waals surface area contributed by atoms with Gasteiger partial charge in [0.25, 0.3) is 0 Å². The van der Waals surface area contributed by atoms with Crippen molar-refractivity contribution in [2.24, 2.45) is 5.41 Å². The number of halogens is 1. The van der Waals surface area contributed by atoms with Crippen LogP contribution in [0.5, 0.6) is 0 Å². The lowest BCUT2D eigenvalue weighted by atomic mass is 9.77. The molecule has 0 unspecified atom stereocenters. The van der Waals surface area contributed by atoms with E-state index in [1.165, 1.54) is 0 Å². The van der Waals surface area contributed by atoms with Crippen molar-refractivity contribution in [1.82, 2.24) is 0 Å². The first kappa shape index (κ1) is 9.97. The van der Waals surface area contributed by atoms with Crippen LogP contribution in [-0.2, 0) is 11.8 Å². The number of fused-ring (bicyclic) bond motifs is 1. The molecule has 0 atom stereocenters. The standard InChI is InChI=1S/C11H13BrO2/c1-11(2)4-9(13)8-3-7(6-12)14-10(8)5-11/h3H,4-6H2,1-2H3. The van der Waals surface area contributed by atoms with E-state index in [4.69, 9.17) is 4.42 Å². The summed E-state index contributed by atoms with van der Waals surface area (Å²) in [6, 6.07) is 1.86. The Balaban J connectivity index is 2.43. The summed E-state index contributed by atoms with van der Waals surface area (Å²) in [5.41, 5.74) is 0.838. The van der Waals surface area contributed by atoms with Crippen molar-refractivity contribution in [3.8, 4) is 0 Å². The van der Waals surface area contributed by atoms with Gasteiger partial charge in [0, 0.05) is 12.8 Å². The molecule has 0 saturated heterocycles. The minimum Gasteiger partial charge on any atom is -0.464 e. The molecule has 0 amide bonds. The molecular formula is C11H13BrO2. The molecule has 0 N–H and O–H groups in total. The lowest BCUT2D eigenvalue weighted by Crippen LogP contribution is -2.25. The van der Waals surface area contributed by atoms with Crippen LogP contribution < -0.4 is 0 Å². The van der Waals surface area contributed by atoms with Crippen molar-refractivity contribution >= 4 is 21.7 Å². The zero-order chi connectivity index (χ0) is 10.3. The van der Waals surface area contributed by atoms with Gasteiger partial charge >= 0.3 is 0 Å². The van der Waals surface area contributed by atoms with E-state index >= 15 is 0 Å². The molecule has 0 saturated carbocycles. The lowest BCUT2D eigenvalue weighted by molar-refractivity contribution is 0.0903. The number of carbonyl (C=O) groups excluding carboxylic acids is 1. The van der Waals surface area contributed by atoms with Crippen LogP contribution in [0.25, 0.3) is 0 Å². The molecule has 76 valence electrons. The zero-order valence-electron chi connectivity index (χ0n) is 8.39. The fourth-order valence-electron chi connectivity index (χ4n) is 1.94. The smallest absolute Gasteiger partial charge is 0.166 e. The van der Waals surface area contributed by atoms with Gasteiger partial charge in [-0.2, -0.15) is 0 Å². The third-order valence-corrected chi connectivity index (χ3v) is 3.12. The summed E-state index contributed by atoms with van der Waals surface area (Å²) in [5.74, 6) is 1.92. The molecule has 0 fully saturated rings. The molecule has 0 aliphatic heterocycles. The van der Waals surface area contributed by atoms with Crippen molar-refractivity contribution < 1.29 is 9.21 Å². The molecule has 3 heteroatoms. The second-order valence-electron chi connectivity index (χ2n) is 4.62. The quantitative estimate of drug-likeness (QED) is 0.722. The van der Waals surface area contributed by atoms with Gasteiger partial charge in [-0.15, -0.1) is 0 Å². The van der Waals surface area contributed by atoms with Crippen molar-refractivity contribution in [1.29, 1.82) is 0 Å². The molecule has 2 rings (SSSR count). The van der Waals surface area contributed by atoms with Crippen LogP contribution in [0.2, 0.25) is 0 Å². The van der Waals surface area contributed by atoms with E-state index in [1.807, 2.05) is 6.07 Å². The van der Waals surface area contributed by atoms with E-state index in [2.05, 4.69) is 29.8 Å². The molecule has 2 nitrogen and oxygen atoms in total. The third kappa shape index (κ3) is 1.65. The van der Waals surface area contributed by atoms with Gasteiger partial charge < -0.3 is 4.42 Å². The summed E-state index contributed by atoms with van der Waals surface area (Å²) in [6.45, 7) is 4.20. The summed E-state index contributed by atoms with van der Waals surface area (Å²) in [7, 11) is 0. The first-order valence-electron chi connectivity index (χ1n) is 4.72. The van der Waals surface area contributed by atoms with E-state index in [1.54, 1.807) is 0 Å². The minimum absolute atomic E-state index is 0.0471. The predicted molar refractivity (Wildman–Crippen MR) is 57.8 cm³/mol. The monoisotopic (exact) mass is 256 g/mol. The molecule has 14 heavy (non-hydrogen) atoms. The Bertz CT molecular complexity index is 377. The fourth-order valence-corrected chi connectivity index (χ4v) is 2.22. The number of alkyl halides is 1. The normalized spacial score (nSPS) is 19.5. The maximum absolute atomic E-state index is 11.8. The zero-order valence-corrected chi connectivity index (χ0v) is 9.98. The highest BCUT2D eigenvalue weighted by atomic mass is 79.9. The molecule has 1 aromatic heterocycles. The molecular weight excluding hydrogens is 244 g/mol. The Hall–Kier alpha value is -0.570. The summed E-state index contributed by atoms with van der Waals surface area (Å²) >= 11 is 3.33. The van der Waals surface area contributed by atoms with E-state index in [0.717, 1.165) is 23.5 Å². The van der Waals surface area contributed by atoms with Crippen molar-refractivity contribution in [2.75, 3.05) is 0 Å². The highest BCUT2D eigenvalue weighted by Gasteiger charge is 2.33. The summed E-state index contributed by atoms with van der Waals surface area (Å²) < 4.78 is 5.59. The number of Topliss-reactive ketones (excluding diaryl/α,β-unsaturated/α-hetero) is 1. The Kier molecular flexibility index (Phi) is 2.30. The molecule has 0 spiro atoms. The van der Waals surface area contributed by atoms with Gasteiger partial charge in [0.1, 0.15) is 11.5 Å². The molecule has 1 aliphatic carbocycles. The van der Waals surface area contributed by atoms with Crippen LogP contribution in [0, 0.1) is 5.41 Å². The Labute approximate surface area is 91.8 Å². The van der Waals surface area contributed by atoms with Crippen molar-refractivity contribution in [3.63, 3.8) is 0 Å². The van der Waals surface area contributed by atoms with Crippen LogP contribution in [0.1, 0.15) is 42.1 Å². The van der Waals surface area contributed by atoms with Gasteiger partial charge in [0.15, 0.2) is 5.78 Å². The SMILES string of the molecule is CC1(C)CC(=O)c2cc(CBr)oc2C1. The molecule has 0 bridgehead atoms. The largest absolute Gasteiger partial charge is 0.464 e. The number of furan rings is 1. The molecule has 1 aromatic rings. The molecule has 0 radical (unpaired) electrons. The average Bonchev–Trinajstić information content (AvgIpc) is 2.45. The van der Waals surface area contributed by atoms with E-state index in [0.29, 0.717) is 11.8 Å². The molecule has 0 aromatic carbocycles. The van der Waals surface area contributed by atoms with E-state index in [9.17, 15) is 4.79 Å². The van der Waals surface area contributed by atoms with Crippen molar-refractivity contribution in [2.45, 2.75) is 32.0 Å². The number of carbonyl (C=O) groups is 1. The van der Waals surface area contributed by atoms with Gasteiger partial charge in [0.05, 0.1) is 10.9 Å². The highest BCUT2D eigenvalue weighted by molar-refractivity contribution is 9.08. The first-order valence-corrected chi connectivity index (χ1v) is 5.85. The topological polar surface area (TPSA) is 30.2 Å². The number of hydrogen-bond acceptors (Lipinski definition) is 2. The summed E-state index contributed by atoms with van der Waals surface area (Å²) in [4.78, 5) is 11.8. The number of ketones is 1. The molecule has 1 aliphatic rings. The Morgan fingerprint density at radius 3 is 2.86 bits per heavy atom. The first-order chi connectivity index (χ1) is 6.52. The van der Waals surface area contributed by atoms with Gasteiger partial charge in [-0.1, -0.05) is 29.8 Å². The number of hydrogen-bond donors (Lipinski definition) is 0. The van der Waals surface area contributed by atoms with Crippen LogP contribution >= 0.6 is 15.9 Å². The van der Waals surface area contributed by atoms with Crippen LogP contribution in [0.15, 0.2) is 10.5 Å². The number of rotatable bonds is 1. The van der Waals surface area contributed by atoms with Gasteiger partial charge in [-0.05, 0) is 11.5 Å². The Morgan fingerprint density at radius 1 is 1.50 bits per heavy atom. The predicted octanol–water partition coefficient (Wildman–Crippen LogP) is 3.33. The maximum Gasteiger partial charge on any atom is 0.166 e. The van der Waals surface area contributed by atoms with Gasteiger partial charge in [-0.3, -0.25) is 4.79 Å². The van der Waals surface area contributed by atoms with Crippen LogP contribution in [0.4, 0.5) is 0 Å². The second kappa shape index (κ2) is 3.23. The summed E-state index contributed by atoms with van der Waals surface area (Å²) in [5, 5.41) is 0.674. The van der Waals surface area contributed by atoms with E-state index < -0.39 is 0 Å². The second-order valence-corrected chi connectivity index (χ2v) is 5.18. The average molecular weight is 257 g/mol. The Morgan fingerprint density at radius 2 is 2.21 bits per heavy atom. The minimum atomic E-state index is 0.0471. The maximum atomic E-state index is 11.8. The van der Waals surface area contributed by atoms with Gasteiger partial charge in [0.2, 0.25) is 0 Å². The van der Waals surface area contributed by atoms with Crippen molar-refractivity contribution in [3.05, 3.63) is 23.2 Å². The van der Waals surface area contributed by atoms with Crippen LogP contribution in [0.3, 0.4) is 0 Å². The lowest BCUT2D eigenvalue weighted by Gasteiger charge is -2.26. The van der Waals surface area contributed by atoms with E-state index in [-0.39, 0.29) is 11.2 Å². The van der Waals surface area contributed by atoms with Crippen LogP contribution in [-0.4, -0.2) is 5.78 Å². The fraction of sp³-hybridized carbons (Fsp3) is 0.545. The third-order valence-electron chi connectivity index (χ3n) is 2.57.